The van der Waals surface area contributed by atoms with Crippen molar-refractivity contribution in [2.75, 3.05) is 19.0 Å². The van der Waals surface area contributed by atoms with Gasteiger partial charge in [0.15, 0.2) is 5.13 Å². The third kappa shape index (κ3) is 3.54. The molecule has 2 heterocycles. The lowest BCUT2D eigenvalue weighted by Gasteiger charge is -2.04. The number of aromatic nitrogens is 1. The van der Waals surface area contributed by atoms with Gasteiger partial charge in [0.2, 0.25) is 0 Å². The van der Waals surface area contributed by atoms with Gasteiger partial charge in [-0.15, -0.1) is 11.3 Å². The van der Waals surface area contributed by atoms with Crippen LogP contribution in [0.2, 0.25) is 0 Å². The molecule has 4 rings (SSSR count). The average molecular weight is 380 g/mol. The number of hydrogen-bond acceptors (Lipinski definition) is 6. The fourth-order valence-corrected chi connectivity index (χ4v) is 3.60. The monoisotopic (exact) mass is 380 g/mol. The molecule has 2 aromatic carbocycles. The van der Waals surface area contributed by atoms with Crippen LogP contribution in [0.1, 0.15) is 26.3 Å². The Balaban J connectivity index is 1.51. The number of rotatable bonds is 4. The van der Waals surface area contributed by atoms with Gasteiger partial charge in [0, 0.05) is 22.9 Å². The molecule has 136 valence electrons. The molecule has 0 radical (unpaired) electrons. The molecule has 7 heteroatoms. The third-order valence-electron chi connectivity index (χ3n) is 4.26. The van der Waals surface area contributed by atoms with Crippen LogP contribution in [0, 0.1) is 0 Å². The summed E-state index contributed by atoms with van der Waals surface area (Å²) in [5.74, 6) is 0.110. The highest BCUT2D eigenvalue weighted by Crippen LogP contribution is 2.32. The van der Waals surface area contributed by atoms with Crippen LogP contribution in [0.25, 0.3) is 11.3 Å². The second-order valence-corrected chi connectivity index (χ2v) is 6.84. The van der Waals surface area contributed by atoms with Crippen LogP contribution in [0.15, 0.2) is 47.8 Å². The summed E-state index contributed by atoms with van der Waals surface area (Å²) in [6.45, 7) is 0.710. The van der Waals surface area contributed by atoms with Crippen molar-refractivity contribution in [3.8, 4) is 17.0 Å². The molecule has 0 atom stereocenters. The van der Waals surface area contributed by atoms with E-state index in [4.69, 9.17) is 4.74 Å². The summed E-state index contributed by atoms with van der Waals surface area (Å²) < 4.78 is 10.2. The Morgan fingerprint density at radius 3 is 2.89 bits per heavy atom. The molecule has 1 aromatic heterocycles. The van der Waals surface area contributed by atoms with Crippen molar-refractivity contribution in [3.63, 3.8) is 0 Å². The average Bonchev–Trinajstić information content (AvgIpc) is 3.36. The Morgan fingerprint density at radius 1 is 1.19 bits per heavy atom. The molecule has 1 aliphatic rings. The van der Waals surface area contributed by atoms with Gasteiger partial charge in [0.25, 0.3) is 5.91 Å². The summed E-state index contributed by atoms with van der Waals surface area (Å²) >= 11 is 1.35. The molecule has 0 aliphatic carbocycles. The first-order valence-electron chi connectivity index (χ1n) is 8.35. The summed E-state index contributed by atoms with van der Waals surface area (Å²) in [7, 11) is 1.30. The molecule has 0 saturated heterocycles. The molecule has 1 aliphatic heterocycles. The lowest BCUT2D eigenvalue weighted by molar-refractivity contribution is 0.0600. The van der Waals surface area contributed by atoms with Gasteiger partial charge in [-0.25, -0.2) is 9.78 Å². The molecule has 1 N–H and O–H groups in total. The Morgan fingerprint density at radius 2 is 2.04 bits per heavy atom. The van der Waals surface area contributed by atoms with Crippen LogP contribution in [0.4, 0.5) is 5.13 Å². The van der Waals surface area contributed by atoms with Gasteiger partial charge in [-0.1, -0.05) is 6.07 Å². The maximum Gasteiger partial charge on any atom is 0.337 e. The fraction of sp³-hybridized carbons (Fsp3) is 0.150. The highest BCUT2D eigenvalue weighted by Gasteiger charge is 2.15. The van der Waals surface area contributed by atoms with Crippen LogP contribution in [-0.2, 0) is 11.2 Å². The summed E-state index contributed by atoms with van der Waals surface area (Å²) in [5, 5.41) is 5.17. The van der Waals surface area contributed by atoms with E-state index < -0.39 is 5.97 Å². The van der Waals surface area contributed by atoms with Crippen molar-refractivity contribution in [2.45, 2.75) is 6.42 Å². The van der Waals surface area contributed by atoms with E-state index in [2.05, 4.69) is 21.1 Å². The van der Waals surface area contributed by atoms with Gasteiger partial charge in [0.05, 0.1) is 25.0 Å². The molecule has 6 nitrogen and oxygen atoms in total. The zero-order chi connectivity index (χ0) is 18.8. The van der Waals surface area contributed by atoms with Gasteiger partial charge >= 0.3 is 5.97 Å². The summed E-state index contributed by atoms with van der Waals surface area (Å²) in [5.41, 5.74) is 3.65. The number of amides is 1. The molecule has 0 spiro atoms. The lowest BCUT2D eigenvalue weighted by Crippen LogP contribution is -2.13. The second kappa shape index (κ2) is 7.20. The van der Waals surface area contributed by atoms with E-state index in [1.54, 1.807) is 18.2 Å². The molecule has 1 amide bonds. The van der Waals surface area contributed by atoms with Crippen molar-refractivity contribution in [2.24, 2.45) is 0 Å². The fourth-order valence-electron chi connectivity index (χ4n) is 2.88. The van der Waals surface area contributed by atoms with Gasteiger partial charge in [-0.3, -0.25) is 10.1 Å². The van der Waals surface area contributed by atoms with Crippen LogP contribution in [-0.4, -0.2) is 30.6 Å². The van der Waals surface area contributed by atoms with Crippen LogP contribution >= 0.6 is 11.3 Å². The van der Waals surface area contributed by atoms with Crippen molar-refractivity contribution in [1.82, 2.24) is 4.98 Å². The first kappa shape index (κ1) is 17.2. The number of nitrogens with one attached hydrogen (secondary N) is 1. The zero-order valence-electron chi connectivity index (χ0n) is 14.5. The number of fused-ring (bicyclic) bond motifs is 1. The standard InChI is InChI=1S/C20H16N2O4S/c1-25-19(24)15-4-2-3-14(10-15)18(23)22-20-21-16(11-27-20)12-5-6-17-13(9-12)7-8-26-17/h2-6,9-11H,7-8H2,1H3,(H,21,22,23). The van der Waals surface area contributed by atoms with E-state index in [-0.39, 0.29) is 5.91 Å². The number of methoxy groups -OCH3 is 1. The Hall–Kier alpha value is -3.19. The van der Waals surface area contributed by atoms with Crippen molar-refractivity contribution < 1.29 is 19.1 Å². The largest absolute Gasteiger partial charge is 0.493 e. The van der Waals surface area contributed by atoms with E-state index in [1.165, 1.54) is 30.1 Å². The van der Waals surface area contributed by atoms with Gasteiger partial charge < -0.3 is 9.47 Å². The third-order valence-corrected chi connectivity index (χ3v) is 5.01. The molecule has 3 aromatic rings. The summed E-state index contributed by atoms with van der Waals surface area (Å²) in [6, 6.07) is 12.4. The quantitative estimate of drug-likeness (QED) is 0.697. The normalized spacial score (nSPS) is 12.2. The van der Waals surface area contributed by atoms with Crippen molar-refractivity contribution in [1.29, 1.82) is 0 Å². The molecule has 0 saturated carbocycles. The van der Waals surface area contributed by atoms with E-state index in [9.17, 15) is 9.59 Å². The maximum absolute atomic E-state index is 12.5. The number of carbonyl (C=O) groups is 2. The number of thiazole rings is 1. The van der Waals surface area contributed by atoms with Gasteiger partial charge in [-0.05, 0) is 42.0 Å². The van der Waals surface area contributed by atoms with E-state index >= 15 is 0 Å². The highest BCUT2D eigenvalue weighted by molar-refractivity contribution is 7.14. The zero-order valence-corrected chi connectivity index (χ0v) is 15.3. The minimum absolute atomic E-state index is 0.324. The van der Waals surface area contributed by atoms with Crippen LogP contribution < -0.4 is 10.1 Å². The Labute approximate surface area is 159 Å². The van der Waals surface area contributed by atoms with Crippen LogP contribution in [0.5, 0.6) is 5.75 Å². The predicted molar refractivity (Wildman–Crippen MR) is 102 cm³/mol. The van der Waals surface area contributed by atoms with Crippen molar-refractivity contribution >= 4 is 28.3 Å². The lowest BCUT2D eigenvalue weighted by atomic mass is 10.1. The topological polar surface area (TPSA) is 77.5 Å². The SMILES string of the molecule is COC(=O)c1cccc(C(=O)Nc2nc(-c3ccc4c(c3)CCO4)cs2)c1. The number of esters is 1. The first-order valence-corrected chi connectivity index (χ1v) is 9.23. The second-order valence-electron chi connectivity index (χ2n) is 5.99. The minimum Gasteiger partial charge on any atom is -0.493 e. The summed E-state index contributed by atoms with van der Waals surface area (Å²) in [4.78, 5) is 28.6. The smallest absolute Gasteiger partial charge is 0.337 e. The molecule has 27 heavy (non-hydrogen) atoms. The number of carbonyl (C=O) groups excluding carboxylic acids is 2. The number of nitrogens with zero attached hydrogens (tertiary/aromatic N) is 1. The Bertz CT molecular complexity index is 1030. The molecule has 0 unspecified atom stereocenters. The first-order chi connectivity index (χ1) is 13.1. The molecule has 0 fully saturated rings. The number of hydrogen-bond donors (Lipinski definition) is 1. The van der Waals surface area contributed by atoms with E-state index in [1.807, 2.05) is 17.5 Å². The molecule has 0 bridgehead atoms. The number of ether oxygens (including phenoxy) is 2. The summed E-state index contributed by atoms with van der Waals surface area (Å²) in [6.07, 6.45) is 0.896. The van der Waals surface area contributed by atoms with Gasteiger partial charge in [0.1, 0.15) is 5.75 Å². The van der Waals surface area contributed by atoms with Crippen LogP contribution in [0.3, 0.4) is 0 Å². The number of benzene rings is 2. The van der Waals surface area contributed by atoms with Gasteiger partial charge in [-0.2, -0.15) is 0 Å². The van der Waals surface area contributed by atoms with E-state index in [0.29, 0.717) is 22.9 Å². The maximum atomic E-state index is 12.5. The Kier molecular flexibility index (Phi) is 4.60. The van der Waals surface area contributed by atoms with E-state index in [0.717, 1.165) is 23.4 Å². The van der Waals surface area contributed by atoms with Crippen molar-refractivity contribution in [3.05, 3.63) is 64.5 Å². The predicted octanol–water partition coefficient (Wildman–Crippen LogP) is 3.78. The minimum atomic E-state index is -0.484. The molecular weight excluding hydrogens is 364 g/mol. The number of anilines is 1. The highest BCUT2D eigenvalue weighted by atomic mass is 32.1. The molecular formula is C20H16N2O4S.